The van der Waals surface area contributed by atoms with E-state index in [1.807, 2.05) is 12.1 Å². The molecule has 0 unspecified atom stereocenters. The Morgan fingerprint density at radius 2 is 1.50 bits per heavy atom. The number of carbonyl (C=O) groups is 2. The highest BCUT2D eigenvalue weighted by Crippen LogP contribution is 2.32. The van der Waals surface area contributed by atoms with E-state index in [1.165, 1.54) is 11.8 Å². The Bertz CT molecular complexity index is 1080. The minimum Gasteiger partial charge on any atom is -0.454 e. The summed E-state index contributed by atoms with van der Waals surface area (Å²) in [5, 5.41) is 9.25. The van der Waals surface area contributed by atoms with E-state index in [9.17, 15) is 14.9 Å². The monoisotopic (exact) mass is 451 g/mol. The number of hydrogen-bond donors (Lipinski definition) is 0. The highest BCUT2D eigenvalue weighted by molar-refractivity contribution is 9.10. The van der Waals surface area contributed by atoms with Crippen LogP contribution in [-0.4, -0.2) is 18.4 Å². The topological polar surface area (TPSA) is 67.2 Å². The second-order valence-corrected chi connectivity index (χ2v) is 7.62. The first-order valence-corrected chi connectivity index (χ1v) is 9.92. The molecule has 4 nitrogen and oxygen atoms in total. The van der Waals surface area contributed by atoms with E-state index in [2.05, 4.69) is 22.0 Å². The molecule has 0 N–H and O–H groups in total. The third-order valence-electron chi connectivity index (χ3n) is 3.84. The molecule has 0 bridgehead atoms. The fraction of sp³-hybridized carbons (Fsp3) is 0.0455. The molecule has 0 radical (unpaired) electrons. The van der Waals surface area contributed by atoms with Gasteiger partial charge in [-0.2, -0.15) is 5.26 Å². The second-order valence-electron chi connectivity index (χ2n) is 5.69. The summed E-state index contributed by atoms with van der Waals surface area (Å²) in [6, 6.07) is 23.2. The third-order valence-corrected chi connectivity index (χ3v) is 5.69. The van der Waals surface area contributed by atoms with Gasteiger partial charge in [-0.15, -0.1) is 0 Å². The average Bonchev–Trinajstić information content (AvgIpc) is 2.73. The zero-order chi connectivity index (χ0) is 19.9. The lowest BCUT2D eigenvalue weighted by Gasteiger charge is -2.10. The first-order valence-electron chi connectivity index (χ1n) is 8.31. The lowest BCUT2D eigenvalue weighted by atomic mass is 10.1. The normalized spacial score (nSPS) is 10.1. The fourth-order valence-electron chi connectivity index (χ4n) is 2.46. The molecule has 0 saturated carbocycles. The average molecular weight is 452 g/mol. The molecular weight excluding hydrogens is 438 g/mol. The van der Waals surface area contributed by atoms with Crippen LogP contribution in [0.2, 0.25) is 0 Å². The summed E-state index contributed by atoms with van der Waals surface area (Å²) in [6.45, 7) is -0.352. The van der Waals surface area contributed by atoms with Crippen molar-refractivity contribution in [2.75, 3.05) is 6.61 Å². The Balaban J connectivity index is 1.75. The number of carbonyl (C=O) groups excluding carboxylic acids is 2. The van der Waals surface area contributed by atoms with E-state index < -0.39 is 5.97 Å². The lowest BCUT2D eigenvalue weighted by molar-refractivity contribution is 0.0471. The Morgan fingerprint density at radius 1 is 0.893 bits per heavy atom. The molecule has 0 fully saturated rings. The smallest absolute Gasteiger partial charge is 0.339 e. The molecule has 138 valence electrons. The van der Waals surface area contributed by atoms with Gasteiger partial charge in [0.15, 0.2) is 6.61 Å². The largest absolute Gasteiger partial charge is 0.454 e. The maximum absolute atomic E-state index is 12.6. The van der Waals surface area contributed by atoms with Crippen molar-refractivity contribution in [2.45, 2.75) is 9.79 Å². The molecule has 0 aromatic heterocycles. The van der Waals surface area contributed by atoms with Crippen LogP contribution in [0.3, 0.4) is 0 Å². The number of ketones is 1. The molecule has 6 heteroatoms. The van der Waals surface area contributed by atoms with Crippen molar-refractivity contribution in [3.8, 4) is 6.07 Å². The first-order chi connectivity index (χ1) is 13.6. The molecule has 3 aromatic carbocycles. The molecule has 0 aliphatic rings. The van der Waals surface area contributed by atoms with Crippen LogP contribution in [0.25, 0.3) is 0 Å². The molecule has 0 spiro atoms. The summed E-state index contributed by atoms with van der Waals surface area (Å²) < 4.78 is 5.90. The van der Waals surface area contributed by atoms with Crippen LogP contribution < -0.4 is 0 Å². The highest BCUT2D eigenvalue weighted by Gasteiger charge is 2.17. The first kappa shape index (κ1) is 19.9. The third kappa shape index (κ3) is 4.69. The summed E-state index contributed by atoms with van der Waals surface area (Å²) in [5.41, 5.74) is 1.33. The van der Waals surface area contributed by atoms with E-state index >= 15 is 0 Å². The van der Waals surface area contributed by atoms with Crippen LogP contribution in [0.1, 0.15) is 26.3 Å². The number of nitriles is 1. The van der Waals surface area contributed by atoms with Gasteiger partial charge in [-0.25, -0.2) is 4.79 Å². The van der Waals surface area contributed by atoms with Gasteiger partial charge in [-0.3, -0.25) is 4.79 Å². The van der Waals surface area contributed by atoms with Gasteiger partial charge in [0, 0.05) is 19.8 Å². The predicted octanol–water partition coefficient (Wildman–Crippen LogP) is 5.51. The van der Waals surface area contributed by atoms with Crippen molar-refractivity contribution in [3.63, 3.8) is 0 Å². The molecule has 3 rings (SSSR count). The number of hydrogen-bond acceptors (Lipinski definition) is 5. The van der Waals surface area contributed by atoms with E-state index in [0.717, 1.165) is 4.90 Å². The van der Waals surface area contributed by atoms with Crippen molar-refractivity contribution in [3.05, 3.63) is 94.0 Å². The van der Waals surface area contributed by atoms with Crippen molar-refractivity contribution < 1.29 is 14.3 Å². The number of ether oxygens (including phenoxy) is 1. The minimum absolute atomic E-state index is 0.291. The molecule has 0 heterocycles. The van der Waals surface area contributed by atoms with Gasteiger partial charge in [-0.1, -0.05) is 70.2 Å². The van der Waals surface area contributed by atoms with Crippen molar-refractivity contribution >= 4 is 39.4 Å². The Morgan fingerprint density at radius 3 is 2.21 bits per heavy atom. The van der Waals surface area contributed by atoms with Crippen LogP contribution in [0.5, 0.6) is 0 Å². The van der Waals surface area contributed by atoms with Gasteiger partial charge in [-0.05, 0) is 30.3 Å². The summed E-state index contributed by atoms with van der Waals surface area (Å²) in [6.07, 6.45) is 0. The van der Waals surface area contributed by atoms with E-state index in [0.29, 0.717) is 26.1 Å². The summed E-state index contributed by atoms with van der Waals surface area (Å²) >= 11 is 4.63. The van der Waals surface area contributed by atoms with Crippen LogP contribution >= 0.6 is 27.7 Å². The van der Waals surface area contributed by atoms with Crippen LogP contribution in [0.15, 0.2) is 87.1 Å². The zero-order valence-corrected chi connectivity index (χ0v) is 17.0. The highest BCUT2D eigenvalue weighted by atomic mass is 79.9. The number of halogens is 1. The lowest BCUT2D eigenvalue weighted by Crippen LogP contribution is -2.15. The maximum atomic E-state index is 12.6. The van der Waals surface area contributed by atoms with Gasteiger partial charge in [0.1, 0.15) is 6.07 Å². The van der Waals surface area contributed by atoms with Gasteiger partial charge in [0.2, 0.25) is 5.78 Å². The molecule has 0 saturated heterocycles. The number of rotatable bonds is 6. The van der Waals surface area contributed by atoms with Crippen LogP contribution in [0.4, 0.5) is 0 Å². The van der Waals surface area contributed by atoms with Crippen LogP contribution in [-0.2, 0) is 4.74 Å². The van der Waals surface area contributed by atoms with E-state index in [1.54, 1.807) is 60.7 Å². The second kappa shape index (κ2) is 9.36. The van der Waals surface area contributed by atoms with Gasteiger partial charge < -0.3 is 4.74 Å². The zero-order valence-electron chi connectivity index (χ0n) is 14.6. The van der Waals surface area contributed by atoms with Gasteiger partial charge in [0.25, 0.3) is 0 Å². The van der Waals surface area contributed by atoms with Gasteiger partial charge >= 0.3 is 5.97 Å². The summed E-state index contributed by atoms with van der Waals surface area (Å²) in [7, 11) is 0. The number of benzene rings is 3. The molecule has 0 amide bonds. The molecular formula is C22H14BrNO3S. The number of nitrogens with zero attached hydrogens (tertiary/aromatic N) is 1. The SMILES string of the molecule is N#Cc1ccccc1Sc1ccccc1C(=O)OCC(=O)c1ccccc1Br. The quantitative estimate of drug-likeness (QED) is 0.364. The molecule has 0 atom stereocenters. The van der Waals surface area contributed by atoms with Crippen molar-refractivity contribution in [1.29, 1.82) is 5.26 Å². The predicted molar refractivity (Wildman–Crippen MR) is 110 cm³/mol. The standard InChI is InChI=1S/C22H14BrNO3S/c23-18-10-4-2-8-16(18)19(25)14-27-22(26)17-9-3-6-12-21(17)28-20-11-5-1-7-15(20)13-24/h1-12H,14H2. The van der Waals surface area contributed by atoms with Gasteiger partial charge in [0.05, 0.1) is 11.1 Å². The Hall–Kier alpha value is -2.88. The molecule has 3 aromatic rings. The molecule has 28 heavy (non-hydrogen) atoms. The van der Waals surface area contributed by atoms with Crippen molar-refractivity contribution in [2.24, 2.45) is 0 Å². The molecule has 0 aliphatic heterocycles. The Kier molecular flexibility index (Phi) is 6.64. The van der Waals surface area contributed by atoms with E-state index in [4.69, 9.17) is 4.74 Å². The molecule has 0 aliphatic carbocycles. The summed E-state index contributed by atoms with van der Waals surface area (Å²) in [4.78, 5) is 26.3. The maximum Gasteiger partial charge on any atom is 0.339 e. The number of esters is 1. The van der Waals surface area contributed by atoms with Crippen molar-refractivity contribution in [1.82, 2.24) is 0 Å². The van der Waals surface area contributed by atoms with E-state index in [-0.39, 0.29) is 12.4 Å². The minimum atomic E-state index is -0.585. The number of Topliss-reactive ketones (excluding diaryl/α,β-unsaturated/α-hetero) is 1. The summed E-state index contributed by atoms with van der Waals surface area (Å²) in [5.74, 6) is -0.876. The fourth-order valence-corrected chi connectivity index (χ4v) is 3.99. The van der Waals surface area contributed by atoms with Crippen LogP contribution in [0, 0.1) is 11.3 Å². The Labute approximate surface area is 175 Å².